The van der Waals surface area contributed by atoms with Gasteiger partial charge < -0.3 is 41.0 Å². The van der Waals surface area contributed by atoms with Gasteiger partial charge in [0.2, 0.25) is 29.5 Å². The molecule has 1 aliphatic heterocycles. The molecular formula is C41H69N7O7. The van der Waals surface area contributed by atoms with Crippen LogP contribution in [-0.2, 0) is 40.0 Å². The number of hydrogen-bond acceptors (Lipinski definition) is 9. The highest BCUT2D eigenvalue weighted by Crippen LogP contribution is 2.34. The number of nitrogens with two attached hydrogens (primary N) is 1. The molecule has 14 nitrogen and oxygen atoms in total. The van der Waals surface area contributed by atoms with E-state index < -0.39 is 30.2 Å². The van der Waals surface area contributed by atoms with Gasteiger partial charge in [-0.2, -0.15) is 0 Å². The first kappa shape index (κ1) is 45.6. The lowest BCUT2D eigenvalue weighted by Gasteiger charge is -2.39. The van der Waals surface area contributed by atoms with Crippen molar-refractivity contribution in [3.05, 3.63) is 29.8 Å². The molecule has 1 saturated carbocycles. The van der Waals surface area contributed by atoms with Crippen LogP contribution in [0.4, 0.5) is 5.69 Å². The Morgan fingerprint density at radius 3 is 2.11 bits per heavy atom. The number of nitrogens with zero attached hydrogens (tertiary/aromatic N) is 3. The van der Waals surface area contributed by atoms with Crippen LogP contribution in [0.25, 0.3) is 0 Å². The molecule has 55 heavy (non-hydrogen) atoms. The lowest BCUT2D eigenvalue weighted by atomic mass is 9.90. The summed E-state index contributed by atoms with van der Waals surface area (Å²) in [6.07, 6.45) is 3.57. The number of carbonyl (C=O) groups is 5. The van der Waals surface area contributed by atoms with Crippen LogP contribution in [0.1, 0.15) is 85.1 Å². The maximum absolute atomic E-state index is 14.1. The molecule has 5 amide bonds. The van der Waals surface area contributed by atoms with Gasteiger partial charge in [-0.1, -0.05) is 66.0 Å². The minimum Gasteiger partial charge on any atom is -0.399 e. The number of ether oxygens (including phenoxy) is 2. The van der Waals surface area contributed by atoms with Gasteiger partial charge in [0.25, 0.3) is 0 Å². The highest BCUT2D eigenvalue weighted by molar-refractivity contribution is 5.89. The molecule has 0 spiro atoms. The molecule has 310 valence electrons. The monoisotopic (exact) mass is 772 g/mol. The standard InChI is InChI=1S/C41H69N7O7/c1-11-26(4)37(47(8)35(50)24-44-41(53)36(25(2)3)46(6)7)33(54-9)22-34(49)48-20-12-13-32(48)38(55-10)27(5)39(51)45-31(21-28-14-15-28)40(52)43-23-29-16-18-30(42)19-17-29/h16-19,25-28,31-33,36-38H,11-15,20-24,42H2,1-10H3,(H,43,52)(H,44,53)(H,45,51). The molecular weight excluding hydrogens is 702 g/mol. The second-order valence-corrected chi connectivity index (χ2v) is 16.2. The third-order valence-electron chi connectivity index (χ3n) is 11.5. The van der Waals surface area contributed by atoms with Gasteiger partial charge in [0.1, 0.15) is 6.04 Å². The Hall–Kier alpha value is -3.75. The summed E-state index contributed by atoms with van der Waals surface area (Å²) < 4.78 is 11.9. The molecule has 2 fully saturated rings. The number of carbonyl (C=O) groups excluding carboxylic acids is 5. The van der Waals surface area contributed by atoms with Crippen LogP contribution in [0.3, 0.4) is 0 Å². The zero-order valence-corrected chi connectivity index (χ0v) is 34.9. The molecule has 1 aromatic carbocycles. The average Bonchev–Trinajstić information content (AvgIpc) is 3.84. The first-order chi connectivity index (χ1) is 26.0. The number of methoxy groups -OCH3 is 2. The molecule has 8 unspecified atom stereocenters. The van der Waals surface area contributed by atoms with E-state index in [0.29, 0.717) is 37.5 Å². The fourth-order valence-electron chi connectivity index (χ4n) is 8.02. The number of nitrogens with one attached hydrogen (secondary N) is 3. The molecule has 14 heteroatoms. The Labute approximate surface area is 328 Å². The first-order valence-electron chi connectivity index (χ1n) is 20.0. The number of anilines is 1. The molecule has 2 aliphatic rings. The minimum absolute atomic E-state index is 0.00955. The third kappa shape index (κ3) is 12.9. The van der Waals surface area contributed by atoms with Crippen LogP contribution in [0.2, 0.25) is 0 Å². The lowest BCUT2D eigenvalue weighted by Crippen LogP contribution is -2.55. The number of likely N-dealkylation sites (N-methyl/N-ethyl adjacent to an activating group) is 2. The molecule has 0 radical (unpaired) electrons. The summed E-state index contributed by atoms with van der Waals surface area (Å²) in [7, 11) is 8.47. The van der Waals surface area contributed by atoms with Crippen molar-refractivity contribution < 1.29 is 33.4 Å². The van der Waals surface area contributed by atoms with Crippen LogP contribution >= 0.6 is 0 Å². The number of likely N-dealkylation sites (tertiary alicyclic amines) is 1. The van der Waals surface area contributed by atoms with Crippen LogP contribution in [0.15, 0.2) is 24.3 Å². The van der Waals surface area contributed by atoms with E-state index in [1.165, 1.54) is 0 Å². The minimum atomic E-state index is -0.687. The molecule has 5 N–H and O–H groups in total. The molecule has 1 aliphatic carbocycles. The molecule has 3 rings (SSSR count). The van der Waals surface area contributed by atoms with E-state index in [1.807, 2.05) is 58.8 Å². The van der Waals surface area contributed by atoms with Gasteiger partial charge in [-0.25, -0.2) is 0 Å². The van der Waals surface area contributed by atoms with Gasteiger partial charge in [0, 0.05) is 40.0 Å². The average molecular weight is 772 g/mol. The predicted octanol–water partition coefficient (Wildman–Crippen LogP) is 2.79. The van der Waals surface area contributed by atoms with Crippen LogP contribution in [-0.4, -0.2) is 129 Å². The van der Waals surface area contributed by atoms with Crippen LogP contribution in [0.5, 0.6) is 0 Å². The van der Waals surface area contributed by atoms with E-state index in [0.717, 1.165) is 31.2 Å². The number of rotatable bonds is 22. The van der Waals surface area contributed by atoms with Crippen molar-refractivity contribution in [2.24, 2.45) is 23.7 Å². The summed E-state index contributed by atoms with van der Waals surface area (Å²) in [5.74, 6) is -1.38. The zero-order chi connectivity index (χ0) is 41.0. The SMILES string of the molecule is CCC(C)C(C(CC(=O)N1CCCC1C(OC)C(C)C(=O)NC(CC1CC1)C(=O)NCc1ccc(N)cc1)OC)N(C)C(=O)CNC(=O)C(C(C)C)N(C)C. The Kier molecular flexibility index (Phi) is 17.9. The number of benzene rings is 1. The van der Waals surface area contributed by atoms with Crippen molar-refractivity contribution >= 4 is 35.2 Å². The summed E-state index contributed by atoms with van der Waals surface area (Å²) in [6, 6.07) is 5.43. The number of nitrogen functional groups attached to an aromatic ring is 1. The quantitative estimate of drug-likeness (QED) is 0.129. The van der Waals surface area contributed by atoms with Crippen molar-refractivity contribution in [2.45, 2.75) is 122 Å². The molecule has 0 aromatic heterocycles. The van der Waals surface area contributed by atoms with Crippen molar-refractivity contribution in [2.75, 3.05) is 54.2 Å². The second kappa shape index (κ2) is 21.5. The van der Waals surface area contributed by atoms with Crippen molar-refractivity contribution in [3.63, 3.8) is 0 Å². The van der Waals surface area contributed by atoms with Crippen molar-refractivity contribution in [1.29, 1.82) is 0 Å². The summed E-state index contributed by atoms with van der Waals surface area (Å²) in [5, 5.41) is 8.78. The molecule has 1 saturated heterocycles. The fraction of sp³-hybridized carbons (Fsp3) is 0.732. The first-order valence-corrected chi connectivity index (χ1v) is 20.0. The Balaban J connectivity index is 1.68. The molecule has 1 heterocycles. The Bertz CT molecular complexity index is 1410. The third-order valence-corrected chi connectivity index (χ3v) is 11.5. The largest absolute Gasteiger partial charge is 0.399 e. The van der Waals surface area contributed by atoms with E-state index in [2.05, 4.69) is 16.0 Å². The van der Waals surface area contributed by atoms with Gasteiger partial charge in [-0.3, -0.25) is 28.9 Å². The normalized spacial score (nSPS) is 19.6. The molecule has 0 bridgehead atoms. The molecule has 8 atom stereocenters. The van der Waals surface area contributed by atoms with E-state index in [-0.39, 0.29) is 66.4 Å². The zero-order valence-electron chi connectivity index (χ0n) is 34.9. The number of hydrogen-bond donors (Lipinski definition) is 4. The summed E-state index contributed by atoms with van der Waals surface area (Å²) >= 11 is 0. The lowest BCUT2D eigenvalue weighted by molar-refractivity contribution is -0.146. The number of amides is 5. The van der Waals surface area contributed by atoms with E-state index in [1.54, 1.807) is 50.1 Å². The highest BCUT2D eigenvalue weighted by atomic mass is 16.5. The van der Waals surface area contributed by atoms with Gasteiger partial charge in [0.15, 0.2) is 0 Å². The van der Waals surface area contributed by atoms with Gasteiger partial charge in [-0.05, 0) is 68.8 Å². The smallest absolute Gasteiger partial charge is 0.242 e. The van der Waals surface area contributed by atoms with Gasteiger partial charge in [-0.15, -0.1) is 0 Å². The highest BCUT2D eigenvalue weighted by Gasteiger charge is 2.43. The van der Waals surface area contributed by atoms with E-state index in [4.69, 9.17) is 15.2 Å². The van der Waals surface area contributed by atoms with Gasteiger partial charge >= 0.3 is 0 Å². The summed E-state index contributed by atoms with van der Waals surface area (Å²) in [6.45, 7) is 10.4. The van der Waals surface area contributed by atoms with E-state index in [9.17, 15) is 24.0 Å². The predicted molar refractivity (Wildman–Crippen MR) is 213 cm³/mol. The van der Waals surface area contributed by atoms with Crippen LogP contribution in [0, 0.1) is 23.7 Å². The fourth-order valence-corrected chi connectivity index (χ4v) is 8.02. The topological polar surface area (TPSA) is 176 Å². The van der Waals surface area contributed by atoms with Crippen LogP contribution < -0.4 is 21.7 Å². The maximum Gasteiger partial charge on any atom is 0.242 e. The van der Waals surface area contributed by atoms with Gasteiger partial charge in [0.05, 0.1) is 49.2 Å². The van der Waals surface area contributed by atoms with Crippen molar-refractivity contribution in [1.82, 2.24) is 30.7 Å². The Morgan fingerprint density at radius 1 is 0.909 bits per heavy atom. The summed E-state index contributed by atoms with van der Waals surface area (Å²) in [4.78, 5) is 72.9. The Morgan fingerprint density at radius 2 is 1.56 bits per heavy atom. The van der Waals surface area contributed by atoms with Crippen molar-refractivity contribution in [3.8, 4) is 0 Å². The molecule has 1 aromatic rings. The summed E-state index contributed by atoms with van der Waals surface area (Å²) in [5.41, 5.74) is 7.35. The van der Waals surface area contributed by atoms with E-state index >= 15 is 0 Å². The second-order valence-electron chi connectivity index (χ2n) is 16.2. The maximum atomic E-state index is 14.1.